The molecule has 3 N–H and O–H groups in total. The van der Waals surface area contributed by atoms with E-state index in [9.17, 15) is 5.26 Å². The van der Waals surface area contributed by atoms with E-state index in [2.05, 4.69) is 56.5 Å². The van der Waals surface area contributed by atoms with Gasteiger partial charge in [0.2, 0.25) is 0 Å². The Kier molecular flexibility index (Phi) is 6.35. The molecule has 2 atom stereocenters. The maximum absolute atomic E-state index is 9.82. The van der Waals surface area contributed by atoms with Gasteiger partial charge in [-0.1, -0.05) is 0 Å². The molecule has 3 aromatic heterocycles. The molecule has 9 nitrogen and oxygen atoms in total. The van der Waals surface area contributed by atoms with Gasteiger partial charge in [-0.3, -0.25) is 0 Å². The molecule has 0 aromatic carbocycles. The Morgan fingerprint density at radius 3 is 2.71 bits per heavy atom. The highest BCUT2D eigenvalue weighted by Crippen LogP contribution is 2.37. The van der Waals surface area contributed by atoms with Crippen LogP contribution in [0.1, 0.15) is 55.3 Å². The number of pyridine rings is 1. The van der Waals surface area contributed by atoms with Crippen molar-refractivity contribution in [2.75, 3.05) is 36.5 Å². The van der Waals surface area contributed by atoms with Gasteiger partial charge in [-0.2, -0.15) is 5.26 Å². The number of rotatable bonds is 5. The number of H-pyrrole nitrogens is 1. The third-order valence-corrected chi connectivity index (χ3v) is 6.71. The zero-order valence-electron chi connectivity index (χ0n) is 20.1. The van der Waals surface area contributed by atoms with Gasteiger partial charge in [-0.05, 0) is 45.1 Å². The fraction of sp³-hybridized carbons (Fsp3) is 0.520. The first-order valence-electron chi connectivity index (χ1n) is 12.1. The highest BCUT2D eigenvalue weighted by Gasteiger charge is 2.24. The SMILES string of the molecule is Cc1cc(N2C[C@@H](C)N[C@@H](C)C2)nc(CNc2c(C#N)cnc3[nH]cc(C4CCOCC4)c23)n1. The van der Waals surface area contributed by atoms with Crippen LogP contribution in [0.4, 0.5) is 11.5 Å². The number of aryl methyl sites for hydroxylation is 1. The van der Waals surface area contributed by atoms with E-state index in [4.69, 9.17) is 9.72 Å². The summed E-state index contributed by atoms with van der Waals surface area (Å²) in [5, 5.41) is 17.9. The van der Waals surface area contributed by atoms with Crippen LogP contribution < -0.4 is 15.5 Å². The molecule has 0 spiro atoms. The number of aromatic nitrogens is 4. The summed E-state index contributed by atoms with van der Waals surface area (Å²) in [4.78, 5) is 19.7. The first-order valence-corrected chi connectivity index (χ1v) is 12.1. The van der Waals surface area contributed by atoms with Gasteiger partial charge in [0.1, 0.15) is 23.4 Å². The van der Waals surface area contributed by atoms with Crippen LogP contribution in [0, 0.1) is 18.3 Å². The largest absolute Gasteiger partial charge is 0.381 e. The molecule has 2 fully saturated rings. The Morgan fingerprint density at radius 1 is 1.21 bits per heavy atom. The second-order valence-corrected chi connectivity index (χ2v) is 9.52. The fourth-order valence-corrected chi connectivity index (χ4v) is 5.25. The van der Waals surface area contributed by atoms with Crippen LogP contribution >= 0.6 is 0 Å². The van der Waals surface area contributed by atoms with Crippen molar-refractivity contribution in [3.8, 4) is 6.07 Å². The number of aromatic amines is 1. The van der Waals surface area contributed by atoms with E-state index < -0.39 is 0 Å². The molecule has 34 heavy (non-hydrogen) atoms. The maximum Gasteiger partial charge on any atom is 0.150 e. The summed E-state index contributed by atoms with van der Waals surface area (Å²) in [7, 11) is 0. The van der Waals surface area contributed by atoms with Gasteiger partial charge in [0, 0.05) is 67.9 Å². The van der Waals surface area contributed by atoms with Crippen molar-refractivity contribution in [2.45, 2.75) is 58.2 Å². The zero-order chi connectivity index (χ0) is 23.7. The molecular weight excluding hydrogens is 428 g/mol. The van der Waals surface area contributed by atoms with Gasteiger partial charge in [-0.15, -0.1) is 0 Å². The van der Waals surface area contributed by atoms with Crippen molar-refractivity contribution in [1.82, 2.24) is 25.3 Å². The molecular formula is C25H32N8O. The molecule has 0 radical (unpaired) electrons. The van der Waals surface area contributed by atoms with Crippen molar-refractivity contribution in [2.24, 2.45) is 0 Å². The quantitative estimate of drug-likeness (QED) is 0.532. The summed E-state index contributed by atoms with van der Waals surface area (Å²) in [5.74, 6) is 2.05. The molecule has 9 heteroatoms. The highest BCUT2D eigenvalue weighted by atomic mass is 16.5. The molecule has 178 valence electrons. The van der Waals surface area contributed by atoms with E-state index in [-0.39, 0.29) is 0 Å². The lowest BCUT2D eigenvalue weighted by Crippen LogP contribution is -2.54. The minimum absolute atomic E-state index is 0.386. The number of nitriles is 1. The minimum Gasteiger partial charge on any atom is -0.381 e. The summed E-state index contributed by atoms with van der Waals surface area (Å²) in [6, 6.07) is 5.17. The molecule has 0 aliphatic carbocycles. The Morgan fingerprint density at radius 2 is 1.97 bits per heavy atom. The normalized spacial score (nSPS) is 21.5. The highest BCUT2D eigenvalue weighted by molar-refractivity contribution is 5.95. The third kappa shape index (κ3) is 4.56. The van der Waals surface area contributed by atoms with Crippen molar-refractivity contribution in [3.05, 3.63) is 41.1 Å². The summed E-state index contributed by atoms with van der Waals surface area (Å²) >= 11 is 0. The number of ether oxygens (including phenoxy) is 1. The lowest BCUT2D eigenvalue weighted by molar-refractivity contribution is 0.0856. The Bertz CT molecular complexity index is 1200. The molecule has 3 aromatic rings. The molecule has 2 aliphatic heterocycles. The summed E-state index contributed by atoms with van der Waals surface area (Å²) in [6.45, 7) is 10.2. The van der Waals surface area contributed by atoms with Gasteiger partial charge < -0.3 is 25.3 Å². The fourth-order valence-electron chi connectivity index (χ4n) is 5.25. The average Bonchev–Trinajstić information content (AvgIpc) is 3.26. The maximum atomic E-state index is 9.82. The number of hydrogen-bond acceptors (Lipinski definition) is 8. The first-order chi connectivity index (χ1) is 16.5. The van der Waals surface area contributed by atoms with Crippen LogP contribution in [0.25, 0.3) is 11.0 Å². The van der Waals surface area contributed by atoms with Gasteiger partial charge in [0.05, 0.1) is 17.8 Å². The average molecular weight is 461 g/mol. The van der Waals surface area contributed by atoms with Gasteiger partial charge in [0.25, 0.3) is 0 Å². The van der Waals surface area contributed by atoms with Crippen molar-refractivity contribution >= 4 is 22.5 Å². The predicted molar refractivity (Wildman–Crippen MR) is 132 cm³/mol. The standard InChI is InChI=1S/C25H32N8O/c1-15-8-22(33-13-16(2)30-17(3)14-33)32-21(31-15)12-27-24-19(9-26)10-28-25-23(24)20(11-29-25)18-4-6-34-7-5-18/h8,10-11,16-18,30H,4-7,12-14H2,1-3H3,(H2,27,28,29)/t16-,17+. The lowest BCUT2D eigenvalue weighted by atomic mass is 9.91. The molecule has 0 amide bonds. The number of nitrogens with zero attached hydrogens (tertiary/aromatic N) is 5. The number of piperazine rings is 1. The number of fused-ring (bicyclic) bond motifs is 1. The van der Waals surface area contributed by atoms with E-state index in [1.165, 1.54) is 5.56 Å². The van der Waals surface area contributed by atoms with Crippen LogP contribution in [-0.4, -0.2) is 58.3 Å². The van der Waals surface area contributed by atoms with E-state index >= 15 is 0 Å². The number of anilines is 2. The third-order valence-electron chi connectivity index (χ3n) is 6.71. The van der Waals surface area contributed by atoms with Crippen molar-refractivity contribution in [1.29, 1.82) is 5.26 Å². The van der Waals surface area contributed by atoms with Crippen LogP contribution in [0.2, 0.25) is 0 Å². The van der Waals surface area contributed by atoms with Crippen LogP contribution in [0.3, 0.4) is 0 Å². The van der Waals surface area contributed by atoms with E-state index in [1.807, 2.05) is 13.1 Å². The summed E-state index contributed by atoms with van der Waals surface area (Å²) in [6.07, 6.45) is 5.60. The Balaban J connectivity index is 1.44. The van der Waals surface area contributed by atoms with Crippen molar-refractivity contribution < 1.29 is 4.74 Å². The zero-order valence-corrected chi connectivity index (χ0v) is 20.1. The molecule has 0 saturated carbocycles. The molecule has 2 aliphatic rings. The predicted octanol–water partition coefficient (Wildman–Crippen LogP) is 3.23. The van der Waals surface area contributed by atoms with Gasteiger partial charge in [-0.25, -0.2) is 15.0 Å². The van der Waals surface area contributed by atoms with Crippen LogP contribution in [0.5, 0.6) is 0 Å². The molecule has 0 unspecified atom stereocenters. The molecule has 5 heterocycles. The minimum atomic E-state index is 0.386. The lowest BCUT2D eigenvalue weighted by Gasteiger charge is -2.37. The summed E-state index contributed by atoms with van der Waals surface area (Å²) in [5.41, 5.74) is 4.24. The molecule has 5 rings (SSSR count). The van der Waals surface area contributed by atoms with Gasteiger partial charge >= 0.3 is 0 Å². The van der Waals surface area contributed by atoms with Crippen LogP contribution in [-0.2, 0) is 11.3 Å². The second-order valence-electron chi connectivity index (χ2n) is 9.52. The second kappa shape index (κ2) is 9.57. The number of hydrogen-bond donors (Lipinski definition) is 3. The summed E-state index contributed by atoms with van der Waals surface area (Å²) < 4.78 is 5.56. The number of nitrogens with one attached hydrogen (secondary N) is 3. The van der Waals surface area contributed by atoms with Gasteiger partial charge in [0.15, 0.2) is 0 Å². The van der Waals surface area contributed by atoms with E-state index in [1.54, 1.807) is 6.20 Å². The molecule has 0 bridgehead atoms. The molecule has 2 saturated heterocycles. The Labute approximate surface area is 200 Å². The monoisotopic (exact) mass is 460 g/mol. The topological polar surface area (TPSA) is 115 Å². The smallest absolute Gasteiger partial charge is 0.150 e. The van der Waals surface area contributed by atoms with Crippen molar-refractivity contribution in [3.63, 3.8) is 0 Å². The Hall–Kier alpha value is -3.22. The first kappa shape index (κ1) is 22.6. The van der Waals surface area contributed by atoms with E-state index in [0.717, 1.165) is 67.4 Å². The van der Waals surface area contributed by atoms with Crippen LogP contribution in [0.15, 0.2) is 18.5 Å². The van der Waals surface area contributed by atoms with E-state index in [0.29, 0.717) is 35.9 Å².